The fourth-order valence-electron chi connectivity index (χ4n) is 4.42. The molecule has 0 saturated heterocycles. The highest BCUT2D eigenvalue weighted by Crippen LogP contribution is 2.40. The highest BCUT2D eigenvalue weighted by atomic mass is 19.4. The lowest BCUT2D eigenvalue weighted by atomic mass is 9.87. The van der Waals surface area contributed by atoms with Gasteiger partial charge in [-0.15, -0.1) is 0 Å². The normalized spacial score (nSPS) is 13.5. The van der Waals surface area contributed by atoms with Gasteiger partial charge in [0.2, 0.25) is 0 Å². The topological polar surface area (TPSA) is 46.5 Å². The molecular weight excluding hydrogens is 551 g/mol. The van der Waals surface area contributed by atoms with Crippen molar-refractivity contribution in [2.24, 2.45) is 0 Å². The Labute approximate surface area is 220 Å². The predicted octanol–water partition coefficient (Wildman–Crippen LogP) is 8.92. The summed E-state index contributed by atoms with van der Waals surface area (Å²) in [5.74, 6) is 0.0819. The third kappa shape index (κ3) is 4.88. The van der Waals surface area contributed by atoms with Crippen LogP contribution in [0.2, 0.25) is 0 Å². The standard InChI is InChI=1S/C27H19F9N4/c1-24(2,3)15-10-18(19-12-22(39-38-19)27(34,35)36)37-23(11-15)40-20-6-4-13(25(28,29)30)8-16(20)17-9-14(26(31,32)33)5-7-21(17)40/h4-12H,1-3H3,(H,38,39). The first kappa shape index (κ1) is 27.5. The second-order valence-corrected chi connectivity index (χ2v) is 10.3. The van der Waals surface area contributed by atoms with E-state index in [1.165, 1.54) is 10.6 Å². The monoisotopic (exact) mass is 570 g/mol. The van der Waals surface area contributed by atoms with Crippen LogP contribution >= 0.6 is 0 Å². The van der Waals surface area contributed by atoms with Gasteiger partial charge in [0.1, 0.15) is 17.2 Å². The summed E-state index contributed by atoms with van der Waals surface area (Å²) < 4.78 is 122. The van der Waals surface area contributed by atoms with E-state index < -0.39 is 40.8 Å². The van der Waals surface area contributed by atoms with Crippen molar-refractivity contribution >= 4 is 21.8 Å². The molecule has 2 aromatic carbocycles. The molecule has 0 unspecified atom stereocenters. The fourth-order valence-corrected chi connectivity index (χ4v) is 4.42. The highest BCUT2D eigenvalue weighted by molar-refractivity contribution is 6.09. The van der Waals surface area contributed by atoms with Gasteiger partial charge < -0.3 is 0 Å². The quantitative estimate of drug-likeness (QED) is 0.216. The molecule has 0 bridgehead atoms. The summed E-state index contributed by atoms with van der Waals surface area (Å²) in [5, 5.41) is 5.46. The van der Waals surface area contributed by atoms with Gasteiger partial charge in [-0.05, 0) is 65.6 Å². The number of hydrogen-bond acceptors (Lipinski definition) is 2. The summed E-state index contributed by atoms with van der Waals surface area (Å²) >= 11 is 0. The molecule has 13 heteroatoms. The van der Waals surface area contributed by atoms with Crippen molar-refractivity contribution in [3.8, 4) is 17.2 Å². The molecule has 5 aromatic rings. The Hall–Kier alpha value is -4.03. The SMILES string of the molecule is CC(C)(C)c1cc(-c2cc(C(F)(F)F)[nH]n2)nc(-n2c3ccc(C(F)(F)F)cc3c3cc(C(F)(F)F)ccc32)c1. The van der Waals surface area contributed by atoms with E-state index in [0.717, 1.165) is 42.5 Å². The largest absolute Gasteiger partial charge is 0.432 e. The van der Waals surface area contributed by atoms with Crippen LogP contribution in [0, 0.1) is 0 Å². The molecule has 5 rings (SSSR count). The van der Waals surface area contributed by atoms with Crippen LogP contribution in [0.3, 0.4) is 0 Å². The van der Waals surface area contributed by atoms with Gasteiger partial charge in [0, 0.05) is 10.8 Å². The maximum atomic E-state index is 13.5. The van der Waals surface area contributed by atoms with E-state index >= 15 is 0 Å². The summed E-state index contributed by atoms with van der Waals surface area (Å²) in [6.45, 7) is 5.50. The number of benzene rings is 2. The first-order valence-corrected chi connectivity index (χ1v) is 11.7. The number of halogens is 9. The maximum absolute atomic E-state index is 13.5. The number of nitrogens with one attached hydrogen (secondary N) is 1. The van der Waals surface area contributed by atoms with E-state index in [2.05, 4.69) is 10.1 Å². The number of nitrogens with zero attached hydrogens (tertiary/aromatic N) is 3. The zero-order chi connectivity index (χ0) is 29.4. The molecule has 40 heavy (non-hydrogen) atoms. The van der Waals surface area contributed by atoms with E-state index in [1.54, 1.807) is 6.07 Å². The van der Waals surface area contributed by atoms with E-state index in [0.29, 0.717) is 5.56 Å². The minimum absolute atomic E-state index is 0.0306. The summed E-state index contributed by atoms with van der Waals surface area (Å²) in [4.78, 5) is 4.47. The maximum Gasteiger partial charge on any atom is 0.432 e. The van der Waals surface area contributed by atoms with E-state index in [9.17, 15) is 39.5 Å². The minimum Gasteiger partial charge on any atom is -0.294 e. The van der Waals surface area contributed by atoms with Crippen molar-refractivity contribution in [3.05, 3.63) is 77.0 Å². The van der Waals surface area contributed by atoms with Gasteiger partial charge in [-0.25, -0.2) is 4.98 Å². The Kier molecular flexibility index (Phi) is 6.01. The Morgan fingerprint density at radius 3 is 1.55 bits per heavy atom. The van der Waals surface area contributed by atoms with Crippen LogP contribution in [0.5, 0.6) is 0 Å². The molecule has 0 spiro atoms. The first-order chi connectivity index (χ1) is 18.3. The molecule has 210 valence electrons. The van der Waals surface area contributed by atoms with Gasteiger partial charge in [-0.2, -0.15) is 44.6 Å². The summed E-state index contributed by atoms with van der Waals surface area (Å²) in [5.41, 5.74) is -3.03. The molecule has 3 aromatic heterocycles. The molecule has 0 saturated carbocycles. The molecule has 0 radical (unpaired) electrons. The Balaban J connectivity index is 1.84. The summed E-state index contributed by atoms with van der Waals surface area (Å²) in [6, 6.07) is 9.32. The van der Waals surface area contributed by atoms with Gasteiger partial charge in [0.05, 0.1) is 27.9 Å². The van der Waals surface area contributed by atoms with Crippen molar-refractivity contribution in [1.82, 2.24) is 19.7 Å². The second kappa shape index (κ2) is 8.73. The van der Waals surface area contributed by atoms with Crippen molar-refractivity contribution in [2.45, 2.75) is 44.7 Å². The van der Waals surface area contributed by atoms with Crippen LogP contribution in [-0.4, -0.2) is 19.7 Å². The van der Waals surface area contributed by atoms with Crippen molar-refractivity contribution < 1.29 is 39.5 Å². The zero-order valence-corrected chi connectivity index (χ0v) is 20.9. The van der Waals surface area contributed by atoms with E-state index in [1.807, 2.05) is 25.9 Å². The van der Waals surface area contributed by atoms with Crippen LogP contribution in [0.15, 0.2) is 54.6 Å². The molecule has 0 aliphatic heterocycles. The van der Waals surface area contributed by atoms with Gasteiger partial charge in [-0.1, -0.05) is 20.8 Å². The van der Waals surface area contributed by atoms with Gasteiger partial charge in [0.25, 0.3) is 0 Å². The highest BCUT2D eigenvalue weighted by Gasteiger charge is 2.35. The minimum atomic E-state index is -4.75. The number of hydrogen-bond donors (Lipinski definition) is 1. The lowest BCUT2D eigenvalue weighted by Gasteiger charge is -2.21. The summed E-state index contributed by atoms with van der Waals surface area (Å²) in [6.07, 6.45) is -14.2. The van der Waals surface area contributed by atoms with Gasteiger partial charge >= 0.3 is 18.5 Å². The number of pyridine rings is 1. The van der Waals surface area contributed by atoms with Crippen molar-refractivity contribution in [2.75, 3.05) is 0 Å². The molecule has 1 N–H and O–H groups in total. The van der Waals surface area contributed by atoms with Crippen LogP contribution in [0.1, 0.15) is 43.2 Å². The molecule has 0 amide bonds. The molecule has 0 atom stereocenters. The number of fused-ring (bicyclic) bond motifs is 3. The molecular formula is C27H19F9N4. The third-order valence-electron chi connectivity index (χ3n) is 6.47. The average molecular weight is 570 g/mol. The lowest BCUT2D eigenvalue weighted by Crippen LogP contribution is -2.13. The van der Waals surface area contributed by atoms with Crippen LogP contribution in [-0.2, 0) is 23.9 Å². The summed E-state index contributed by atoms with van der Waals surface area (Å²) in [7, 11) is 0. The Morgan fingerprint density at radius 2 is 1.12 bits per heavy atom. The third-order valence-corrected chi connectivity index (χ3v) is 6.47. The van der Waals surface area contributed by atoms with Gasteiger partial charge in [-0.3, -0.25) is 9.67 Å². The van der Waals surface area contributed by atoms with Crippen LogP contribution in [0.25, 0.3) is 39.0 Å². The van der Waals surface area contributed by atoms with Gasteiger partial charge in [0.15, 0.2) is 0 Å². The number of aromatic nitrogens is 4. The number of aromatic amines is 1. The van der Waals surface area contributed by atoms with Crippen molar-refractivity contribution in [3.63, 3.8) is 0 Å². The van der Waals surface area contributed by atoms with Crippen LogP contribution < -0.4 is 0 Å². The smallest absolute Gasteiger partial charge is 0.294 e. The number of H-pyrrole nitrogens is 1. The Morgan fingerprint density at radius 1 is 0.600 bits per heavy atom. The lowest BCUT2D eigenvalue weighted by molar-refractivity contribution is -0.141. The zero-order valence-electron chi connectivity index (χ0n) is 20.9. The molecule has 0 aliphatic rings. The molecule has 3 heterocycles. The molecule has 0 fully saturated rings. The van der Waals surface area contributed by atoms with E-state index in [-0.39, 0.29) is 39.0 Å². The molecule has 4 nitrogen and oxygen atoms in total. The number of alkyl halides is 9. The van der Waals surface area contributed by atoms with Crippen molar-refractivity contribution in [1.29, 1.82) is 0 Å². The fraction of sp³-hybridized carbons (Fsp3) is 0.259. The Bertz CT molecular complexity index is 1680. The average Bonchev–Trinajstić information content (AvgIpc) is 3.45. The van der Waals surface area contributed by atoms with Crippen LogP contribution in [0.4, 0.5) is 39.5 Å². The molecule has 0 aliphatic carbocycles. The predicted molar refractivity (Wildman–Crippen MR) is 130 cm³/mol. The second-order valence-electron chi connectivity index (χ2n) is 10.3. The van der Waals surface area contributed by atoms with E-state index in [4.69, 9.17) is 0 Å². The number of rotatable bonds is 2. The first-order valence-electron chi connectivity index (χ1n) is 11.7.